The summed E-state index contributed by atoms with van der Waals surface area (Å²) in [7, 11) is 0. The maximum Gasteiger partial charge on any atom is 0.149 e. The molecule has 1 N–H and O–H groups in total. The normalized spacial score (nSPS) is 14.0. The summed E-state index contributed by atoms with van der Waals surface area (Å²) < 4.78 is 26.0. The van der Waals surface area contributed by atoms with Crippen molar-refractivity contribution in [2.75, 3.05) is 0 Å². The van der Waals surface area contributed by atoms with E-state index in [1.54, 1.807) is 6.92 Å². The highest BCUT2D eigenvalue weighted by Crippen LogP contribution is 2.17. The van der Waals surface area contributed by atoms with E-state index in [9.17, 15) is 8.78 Å². The summed E-state index contributed by atoms with van der Waals surface area (Å²) in [5, 5.41) is 3.17. The molecule has 1 atom stereocenters. The molecular formula is C11H16F2N2. The van der Waals surface area contributed by atoms with Gasteiger partial charge in [-0.05, 0) is 27.7 Å². The zero-order chi connectivity index (χ0) is 11.6. The molecule has 0 unspecified atom stereocenters. The third-order valence-electron chi connectivity index (χ3n) is 1.90. The van der Waals surface area contributed by atoms with Gasteiger partial charge in [0.15, 0.2) is 0 Å². The van der Waals surface area contributed by atoms with E-state index in [0.717, 1.165) is 12.3 Å². The van der Waals surface area contributed by atoms with E-state index in [-0.39, 0.29) is 17.3 Å². The Morgan fingerprint density at radius 1 is 1.33 bits per heavy atom. The number of nitrogens with zero attached hydrogens (tertiary/aromatic N) is 1. The smallest absolute Gasteiger partial charge is 0.149 e. The van der Waals surface area contributed by atoms with Crippen molar-refractivity contribution < 1.29 is 8.78 Å². The zero-order valence-corrected chi connectivity index (χ0v) is 9.44. The highest BCUT2D eigenvalue weighted by atomic mass is 19.1. The molecule has 4 heteroatoms. The minimum atomic E-state index is -0.654. The Bertz CT molecular complexity index is 345. The van der Waals surface area contributed by atoms with Crippen molar-refractivity contribution in [3.63, 3.8) is 0 Å². The highest BCUT2D eigenvalue weighted by Gasteiger charge is 2.18. The third-order valence-corrected chi connectivity index (χ3v) is 1.90. The zero-order valence-electron chi connectivity index (χ0n) is 9.44. The minimum Gasteiger partial charge on any atom is -0.304 e. The van der Waals surface area contributed by atoms with Crippen LogP contribution in [0.5, 0.6) is 0 Å². The lowest BCUT2D eigenvalue weighted by molar-refractivity contribution is 0.365. The van der Waals surface area contributed by atoms with E-state index in [0.29, 0.717) is 0 Å². The van der Waals surface area contributed by atoms with Crippen LogP contribution >= 0.6 is 0 Å². The molecule has 0 amide bonds. The summed E-state index contributed by atoms with van der Waals surface area (Å²) >= 11 is 0. The van der Waals surface area contributed by atoms with Gasteiger partial charge in [-0.15, -0.1) is 0 Å². The first-order chi connectivity index (χ1) is 6.79. The summed E-state index contributed by atoms with van der Waals surface area (Å²) in [6.07, 6.45) is 1.03. The molecule has 0 fully saturated rings. The molecule has 0 aliphatic carbocycles. The van der Waals surface area contributed by atoms with Crippen LogP contribution in [0.15, 0.2) is 12.3 Å². The number of aromatic nitrogens is 1. The molecule has 15 heavy (non-hydrogen) atoms. The van der Waals surface area contributed by atoms with Crippen LogP contribution in [0.1, 0.15) is 39.4 Å². The Hall–Kier alpha value is -1.03. The molecule has 0 spiro atoms. The fourth-order valence-corrected chi connectivity index (χ4v) is 1.46. The SMILES string of the molecule is C[C@@H](NC(C)(C)C)c1ncc(F)cc1F. The third kappa shape index (κ3) is 3.55. The minimum absolute atomic E-state index is 0.137. The first-order valence-corrected chi connectivity index (χ1v) is 4.88. The van der Waals surface area contributed by atoms with Crippen LogP contribution in [0.2, 0.25) is 0 Å². The Morgan fingerprint density at radius 3 is 2.40 bits per heavy atom. The predicted molar refractivity (Wildman–Crippen MR) is 55.5 cm³/mol. The molecular weight excluding hydrogens is 198 g/mol. The molecule has 1 heterocycles. The Kier molecular flexibility index (Phi) is 3.39. The standard InChI is InChI=1S/C11H16F2N2/c1-7(15-11(2,3)4)10-9(13)5-8(12)6-14-10/h5-7,15H,1-4H3/t7-/m1/s1. The van der Waals surface area contributed by atoms with Gasteiger partial charge < -0.3 is 5.32 Å². The first-order valence-electron chi connectivity index (χ1n) is 4.88. The van der Waals surface area contributed by atoms with Crippen LogP contribution in [0.25, 0.3) is 0 Å². The molecule has 0 saturated carbocycles. The van der Waals surface area contributed by atoms with Gasteiger partial charge in [-0.25, -0.2) is 8.78 Å². The maximum atomic E-state index is 13.3. The summed E-state index contributed by atoms with van der Waals surface area (Å²) in [5.74, 6) is -1.27. The Labute approximate surface area is 88.7 Å². The predicted octanol–water partition coefficient (Wildman–Crippen LogP) is 2.81. The van der Waals surface area contributed by atoms with Gasteiger partial charge in [0.25, 0.3) is 0 Å². The van der Waals surface area contributed by atoms with Crippen LogP contribution in [-0.2, 0) is 0 Å². The van der Waals surface area contributed by atoms with Crippen molar-refractivity contribution in [1.82, 2.24) is 10.3 Å². The fourth-order valence-electron chi connectivity index (χ4n) is 1.46. The molecule has 0 aliphatic rings. The molecule has 0 saturated heterocycles. The van der Waals surface area contributed by atoms with Crippen LogP contribution in [0, 0.1) is 11.6 Å². The largest absolute Gasteiger partial charge is 0.304 e. The molecule has 0 bridgehead atoms. The molecule has 2 nitrogen and oxygen atoms in total. The van der Waals surface area contributed by atoms with Crippen molar-refractivity contribution in [1.29, 1.82) is 0 Å². The van der Waals surface area contributed by atoms with Gasteiger partial charge in [0, 0.05) is 17.6 Å². The van der Waals surface area contributed by atoms with Gasteiger partial charge >= 0.3 is 0 Å². The fraction of sp³-hybridized carbons (Fsp3) is 0.545. The average Bonchev–Trinajstić information content (AvgIpc) is 1.99. The van der Waals surface area contributed by atoms with E-state index in [4.69, 9.17) is 0 Å². The van der Waals surface area contributed by atoms with E-state index in [2.05, 4.69) is 10.3 Å². The lowest BCUT2D eigenvalue weighted by Gasteiger charge is -2.25. The van der Waals surface area contributed by atoms with Crippen molar-refractivity contribution in [2.45, 2.75) is 39.3 Å². The van der Waals surface area contributed by atoms with Crippen LogP contribution in [-0.4, -0.2) is 10.5 Å². The Morgan fingerprint density at radius 2 is 1.93 bits per heavy atom. The topological polar surface area (TPSA) is 24.9 Å². The highest BCUT2D eigenvalue weighted by molar-refractivity contribution is 5.12. The van der Waals surface area contributed by atoms with Gasteiger partial charge in [-0.3, -0.25) is 4.98 Å². The van der Waals surface area contributed by atoms with Crippen LogP contribution in [0.4, 0.5) is 8.78 Å². The molecule has 1 rings (SSSR count). The van der Waals surface area contributed by atoms with Crippen molar-refractivity contribution >= 4 is 0 Å². The monoisotopic (exact) mass is 214 g/mol. The van der Waals surface area contributed by atoms with Gasteiger partial charge in [0.05, 0.1) is 11.9 Å². The number of hydrogen-bond acceptors (Lipinski definition) is 2. The average molecular weight is 214 g/mol. The number of rotatable bonds is 2. The lowest BCUT2D eigenvalue weighted by atomic mass is 10.1. The Balaban J connectivity index is 2.87. The summed E-state index contributed by atoms with van der Waals surface area (Å²) in [5.41, 5.74) is 0.105. The quantitative estimate of drug-likeness (QED) is 0.818. The summed E-state index contributed by atoms with van der Waals surface area (Å²) in [6, 6.07) is 0.606. The molecule has 84 valence electrons. The van der Waals surface area contributed by atoms with E-state index < -0.39 is 11.6 Å². The van der Waals surface area contributed by atoms with Crippen LogP contribution in [0.3, 0.4) is 0 Å². The number of nitrogens with one attached hydrogen (secondary N) is 1. The van der Waals surface area contributed by atoms with Crippen LogP contribution < -0.4 is 5.32 Å². The second kappa shape index (κ2) is 4.23. The lowest BCUT2D eigenvalue weighted by Crippen LogP contribution is -2.38. The first kappa shape index (κ1) is 12.0. The van der Waals surface area contributed by atoms with E-state index in [1.807, 2.05) is 20.8 Å². The number of hydrogen-bond donors (Lipinski definition) is 1. The van der Waals surface area contributed by atoms with Gasteiger partial charge in [0.1, 0.15) is 11.6 Å². The number of halogens is 2. The summed E-state index contributed by atoms with van der Waals surface area (Å²) in [4.78, 5) is 3.75. The number of pyridine rings is 1. The summed E-state index contributed by atoms with van der Waals surface area (Å²) in [6.45, 7) is 7.73. The van der Waals surface area contributed by atoms with Gasteiger partial charge in [0.2, 0.25) is 0 Å². The second-order valence-corrected chi connectivity index (χ2v) is 4.64. The van der Waals surface area contributed by atoms with Crippen molar-refractivity contribution in [2.24, 2.45) is 0 Å². The van der Waals surface area contributed by atoms with E-state index in [1.165, 1.54) is 0 Å². The molecule has 0 aliphatic heterocycles. The van der Waals surface area contributed by atoms with Gasteiger partial charge in [-0.2, -0.15) is 0 Å². The second-order valence-electron chi connectivity index (χ2n) is 4.64. The van der Waals surface area contributed by atoms with E-state index >= 15 is 0 Å². The van der Waals surface area contributed by atoms with Crippen molar-refractivity contribution in [3.8, 4) is 0 Å². The molecule has 1 aromatic heterocycles. The maximum absolute atomic E-state index is 13.3. The molecule has 1 aromatic rings. The molecule has 0 aromatic carbocycles. The molecule has 0 radical (unpaired) electrons. The van der Waals surface area contributed by atoms with Crippen molar-refractivity contribution in [3.05, 3.63) is 29.6 Å². The van der Waals surface area contributed by atoms with Gasteiger partial charge in [-0.1, -0.05) is 0 Å².